The van der Waals surface area contributed by atoms with E-state index in [-0.39, 0.29) is 5.60 Å². The summed E-state index contributed by atoms with van der Waals surface area (Å²) in [6.45, 7) is 6.09. The van der Waals surface area contributed by atoms with E-state index in [9.17, 15) is 0 Å². The summed E-state index contributed by atoms with van der Waals surface area (Å²) >= 11 is 5.18. The number of halogens is 1. The van der Waals surface area contributed by atoms with E-state index in [0.29, 0.717) is 0 Å². The second kappa shape index (κ2) is 3.26. The molecule has 0 aliphatic carbocycles. The highest BCUT2D eigenvalue weighted by Gasteiger charge is 2.34. The molecule has 1 aliphatic heterocycles. The van der Waals surface area contributed by atoms with Crippen LogP contribution in [-0.4, -0.2) is 18.7 Å². The van der Waals surface area contributed by atoms with Gasteiger partial charge in [-0.25, -0.2) is 0 Å². The predicted octanol–water partition coefficient (Wildman–Crippen LogP) is 2.56. The Labute approximate surface area is 90.4 Å². The molecule has 0 unspecified atom stereocenters. The molecule has 0 bridgehead atoms. The average molecular weight is 262 g/mol. The van der Waals surface area contributed by atoms with E-state index in [1.807, 2.05) is 0 Å². The number of hydrogen-bond donors (Lipinski definition) is 1. The third-order valence-corrected chi connectivity index (χ3v) is 4.43. The maximum absolute atomic E-state index is 5.90. The van der Waals surface area contributed by atoms with Crippen molar-refractivity contribution in [3.63, 3.8) is 0 Å². The molecule has 0 atom stereocenters. The molecule has 1 N–H and O–H groups in total. The van der Waals surface area contributed by atoms with Crippen LogP contribution in [0.1, 0.15) is 12.5 Å². The van der Waals surface area contributed by atoms with Gasteiger partial charge in [0.05, 0.1) is 4.47 Å². The van der Waals surface area contributed by atoms with Gasteiger partial charge in [0, 0.05) is 13.1 Å². The van der Waals surface area contributed by atoms with E-state index >= 15 is 0 Å². The molecular weight excluding hydrogens is 250 g/mol. The smallest absolute Gasteiger partial charge is 0.189 e. The Balaban J connectivity index is 2.13. The van der Waals surface area contributed by atoms with Crippen LogP contribution in [0.4, 0.5) is 0 Å². The summed E-state index contributed by atoms with van der Waals surface area (Å²) in [5.41, 5.74) is 1.25. The summed E-state index contributed by atoms with van der Waals surface area (Å²) in [4.78, 5) is 0. The van der Waals surface area contributed by atoms with Crippen molar-refractivity contribution in [3.8, 4) is 5.06 Å². The van der Waals surface area contributed by atoms with Gasteiger partial charge < -0.3 is 10.1 Å². The van der Waals surface area contributed by atoms with Crippen LogP contribution >= 0.6 is 27.3 Å². The normalized spacial score (nSPS) is 19.6. The minimum absolute atomic E-state index is 0.000185. The summed E-state index contributed by atoms with van der Waals surface area (Å²) in [5, 5.41) is 6.32. The number of nitrogens with one attached hydrogen (secondary N) is 1. The van der Waals surface area contributed by atoms with Crippen molar-refractivity contribution in [2.45, 2.75) is 19.4 Å². The fraction of sp³-hybridized carbons (Fsp3) is 0.556. The Morgan fingerprint density at radius 2 is 2.31 bits per heavy atom. The molecule has 0 aromatic carbocycles. The Kier molecular flexibility index (Phi) is 2.38. The van der Waals surface area contributed by atoms with Crippen LogP contribution in [0.3, 0.4) is 0 Å². The van der Waals surface area contributed by atoms with Gasteiger partial charge in [-0.2, -0.15) is 0 Å². The van der Waals surface area contributed by atoms with Gasteiger partial charge in [0.25, 0.3) is 0 Å². The van der Waals surface area contributed by atoms with Crippen molar-refractivity contribution < 1.29 is 4.74 Å². The van der Waals surface area contributed by atoms with Gasteiger partial charge in [0.15, 0.2) is 5.06 Å². The van der Waals surface area contributed by atoms with Gasteiger partial charge >= 0.3 is 0 Å². The number of rotatable bonds is 2. The van der Waals surface area contributed by atoms with Crippen LogP contribution in [0.2, 0.25) is 0 Å². The molecule has 1 aliphatic rings. The highest BCUT2D eigenvalue weighted by molar-refractivity contribution is 9.10. The first kappa shape index (κ1) is 9.49. The van der Waals surface area contributed by atoms with E-state index in [1.165, 1.54) is 5.56 Å². The molecule has 2 nitrogen and oxygen atoms in total. The number of hydrogen-bond acceptors (Lipinski definition) is 3. The second-order valence-corrected chi connectivity index (χ2v) is 5.31. The molecule has 0 saturated carbocycles. The number of ether oxygens (including phenoxy) is 1. The van der Waals surface area contributed by atoms with Crippen LogP contribution in [0, 0.1) is 6.92 Å². The fourth-order valence-corrected chi connectivity index (χ4v) is 2.79. The van der Waals surface area contributed by atoms with Gasteiger partial charge in [0.1, 0.15) is 5.60 Å². The van der Waals surface area contributed by atoms with Crippen molar-refractivity contribution in [1.82, 2.24) is 5.32 Å². The van der Waals surface area contributed by atoms with Gasteiger partial charge in [-0.15, -0.1) is 11.3 Å². The Morgan fingerprint density at radius 3 is 2.69 bits per heavy atom. The summed E-state index contributed by atoms with van der Waals surface area (Å²) in [5.74, 6) is 0. The maximum Gasteiger partial charge on any atom is 0.189 e. The molecule has 0 amide bonds. The first-order valence-corrected chi connectivity index (χ1v) is 5.91. The molecule has 1 saturated heterocycles. The lowest BCUT2D eigenvalue weighted by atomic mass is 10.0. The fourth-order valence-electron chi connectivity index (χ4n) is 1.25. The van der Waals surface area contributed by atoms with Crippen molar-refractivity contribution in [2.24, 2.45) is 0 Å². The van der Waals surface area contributed by atoms with Crippen LogP contribution in [0.5, 0.6) is 5.06 Å². The van der Waals surface area contributed by atoms with Crippen LogP contribution < -0.4 is 10.1 Å². The lowest BCUT2D eigenvalue weighted by Gasteiger charge is -2.38. The Morgan fingerprint density at radius 1 is 1.62 bits per heavy atom. The average Bonchev–Trinajstić information content (AvgIpc) is 2.33. The lowest BCUT2D eigenvalue weighted by Crippen LogP contribution is -2.60. The quantitative estimate of drug-likeness (QED) is 0.884. The predicted molar refractivity (Wildman–Crippen MR) is 58.7 cm³/mol. The summed E-state index contributed by atoms with van der Waals surface area (Å²) in [6.07, 6.45) is 0. The van der Waals surface area contributed by atoms with Crippen LogP contribution in [0.25, 0.3) is 0 Å². The molecule has 13 heavy (non-hydrogen) atoms. The van der Waals surface area contributed by atoms with E-state index in [1.54, 1.807) is 11.3 Å². The zero-order chi connectivity index (χ0) is 9.47. The minimum Gasteiger partial charge on any atom is -0.474 e. The molecule has 2 heterocycles. The Hall–Kier alpha value is -0.0600. The topological polar surface area (TPSA) is 21.3 Å². The SMILES string of the molecule is Cc1csc(OC2(C)CNC2)c1Br. The first-order chi connectivity index (χ1) is 6.11. The van der Waals surface area contributed by atoms with E-state index < -0.39 is 0 Å². The summed E-state index contributed by atoms with van der Waals surface area (Å²) in [7, 11) is 0. The molecule has 72 valence electrons. The van der Waals surface area contributed by atoms with Crippen LogP contribution in [-0.2, 0) is 0 Å². The third-order valence-electron chi connectivity index (χ3n) is 2.21. The monoisotopic (exact) mass is 261 g/mol. The van der Waals surface area contributed by atoms with Crippen molar-refractivity contribution in [3.05, 3.63) is 15.4 Å². The van der Waals surface area contributed by atoms with Gasteiger partial charge in [-0.1, -0.05) is 0 Å². The van der Waals surface area contributed by atoms with E-state index in [4.69, 9.17) is 4.74 Å². The molecule has 0 spiro atoms. The second-order valence-electron chi connectivity index (χ2n) is 3.68. The van der Waals surface area contributed by atoms with E-state index in [2.05, 4.69) is 40.5 Å². The molecule has 1 fully saturated rings. The maximum atomic E-state index is 5.90. The Bertz CT molecular complexity index is 319. The largest absolute Gasteiger partial charge is 0.474 e. The number of thiophene rings is 1. The van der Waals surface area contributed by atoms with Crippen molar-refractivity contribution in [1.29, 1.82) is 0 Å². The standard InChI is InChI=1S/C9H12BrNOS/c1-6-3-13-8(7(6)10)12-9(2)4-11-5-9/h3,11H,4-5H2,1-2H3. The molecule has 1 aromatic rings. The first-order valence-electron chi connectivity index (χ1n) is 4.24. The molecular formula is C9H12BrNOS. The molecule has 2 rings (SSSR count). The molecule has 4 heteroatoms. The van der Waals surface area contributed by atoms with Crippen molar-refractivity contribution >= 4 is 27.3 Å². The van der Waals surface area contributed by atoms with Gasteiger partial charge in [0.2, 0.25) is 0 Å². The van der Waals surface area contributed by atoms with Crippen LogP contribution in [0.15, 0.2) is 9.85 Å². The summed E-state index contributed by atoms with van der Waals surface area (Å²) in [6, 6.07) is 0. The molecule has 1 aromatic heterocycles. The zero-order valence-electron chi connectivity index (χ0n) is 7.69. The lowest BCUT2D eigenvalue weighted by molar-refractivity contribution is 0.0379. The summed E-state index contributed by atoms with van der Waals surface area (Å²) < 4.78 is 7.00. The molecule has 0 radical (unpaired) electrons. The number of aryl methyl sites for hydroxylation is 1. The van der Waals surface area contributed by atoms with Crippen molar-refractivity contribution in [2.75, 3.05) is 13.1 Å². The third kappa shape index (κ3) is 1.75. The van der Waals surface area contributed by atoms with Gasteiger partial charge in [-0.05, 0) is 40.7 Å². The highest BCUT2D eigenvalue weighted by Crippen LogP contribution is 2.37. The minimum atomic E-state index is -0.000185. The zero-order valence-corrected chi connectivity index (χ0v) is 10.1. The van der Waals surface area contributed by atoms with Gasteiger partial charge in [-0.3, -0.25) is 0 Å². The van der Waals surface area contributed by atoms with E-state index in [0.717, 1.165) is 22.6 Å². The highest BCUT2D eigenvalue weighted by atomic mass is 79.9.